The van der Waals surface area contributed by atoms with Crippen LogP contribution in [0.2, 0.25) is 0 Å². The molecule has 0 rings (SSSR count). The first-order valence-corrected chi connectivity index (χ1v) is 3.90. The van der Waals surface area contributed by atoms with E-state index in [1.165, 1.54) is 0 Å². The quantitative estimate of drug-likeness (QED) is 0.575. The fourth-order valence-corrected chi connectivity index (χ4v) is 1.02. The van der Waals surface area contributed by atoms with Crippen LogP contribution in [0.3, 0.4) is 0 Å². The minimum Gasteiger partial charge on any atom is -0.550 e. The fourth-order valence-electron chi connectivity index (χ4n) is 1.02. The first-order chi connectivity index (χ1) is 4.70. The van der Waals surface area contributed by atoms with Crippen molar-refractivity contribution >= 4 is 5.97 Å². The van der Waals surface area contributed by atoms with Crippen LogP contribution in [-0.2, 0) is 4.79 Å². The molecular weight excluding hydrogens is 128 g/mol. The van der Waals surface area contributed by atoms with E-state index in [2.05, 4.69) is 13.8 Å². The Hall–Kier alpha value is -0.530. The monoisotopic (exact) mass is 143 g/mol. The normalized spacial score (nSPS) is 10.3. The number of aliphatic carboxylic acids is 1. The molecule has 0 aromatic carbocycles. The van der Waals surface area contributed by atoms with Gasteiger partial charge in [-0.05, 0) is 18.8 Å². The van der Waals surface area contributed by atoms with Crippen molar-refractivity contribution in [1.82, 2.24) is 0 Å². The molecule has 0 aromatic heterocycles. The van der Waals surface area contributed by atoms with Gasteiger partial charge in [0.15, 0.2) is 0 Å². The minimum absolute atomic E-state index is 0.215. The molecule has 0 aliphatic carbocycles. The van der Waals surface area contributed by atoms with Crippen LogP contribution in [0.25, 0.3) is 0 Å². The molecule has 0 spiro atoms. The number of carboxylic acid groups (broad SMARTS) is 1. The van der Waals surface area contributed by atoms with Gasteiger partial charge >= 0.3 is 0 Å². The van der Waals surface area contributed by atoms with E-state index in [4.69, 9.17) is 0 Å². The summed E-state index contributed by atoms with van der Waals surface area (Å²) < 4.78 is 0. The van der Waals surface area contributed by atoms with Gasteiger partial charge in [-0.25, -0.2) is 0 Å². The SMILES string of the molecule is CCC(CC)CCC(=O)[O-]. The molecule has 2 heteroatoms. The molecule has 0 N–H and O–H groups in total. The van der Waals surface area contributed by atoms with Crippen LogP contribution in [0.1, 0.15) is 39.5 Å². The highest BCUT2D eigenvalue weighted by molar-refractivity contribution is 5.64. The lowest BCUT2D eigenvalue weighted by molar-refractivity contribution is -0.306. The van der Waals surface area contributed by atoms with Gasteiger partial charge in [0.1, 0.15) is 0 Å². The number of carbonyl (C=O) groups is 1. The maximum Gasteiger partial charge on any atom is 0.0414 e. The third-order valence-electron chi connectivity index (χ3n) is 1.91. The van der Waals surface area contributed by atoms with Crippen LogP contribution in [-0.4, -0.2) is 5.97 Å². The predicted octanol–water partition coefficient (Wildman–Crippen LogP) is 0.953. The van der Waals surface area contributed by atoms with E-state index in [9.17, 15) is 9.90 Å². The summed E-state index contributed by atoms with van der Waals surface area (Å²) in [5, 5.41) is 10.0. The maximum atomic E-state index is 10.0. The molecule has 10 heavy (non-hydrogen) atoms. The number of carbonyl (C=O) groups excluding carboxylic acids is 1. The Kier molecular flexibility index (Phi) is 4.99. The Bertz CT molecular complexity index is 95.4. The average Bonchev–Trinajstić information content (AvgIpc) is 1.90. The van der Waals surface area contributed by atoms with Gasteiger partial charge in [-0.3, -0.25) is 0 Å². The van der Waals surface area contributed by atoms with Gasteiger partial charge in [-0.15, -0.1) is 0 Å². The smallest absolute Gasteiger partial charge is 0.0414 e. The molecule has 0 bridgehead atoms. The number of rotatable bonds is 5. The van der Waals surface area contributed by atoms with Crippen molar-refractivity contribution in [3.63, 3.8) is 0 Å². The Morgan fingerprint density at radius 1 is 1.40 bits per heavy atom. The second-order valence-corrected chi connectivity index (χ2v) is 2.59. The van der Waals surface area contributed by atoms with E-state index in [1.807, 2.05) is 0 Å². The summed E-state index contributed by atoms with van der Waals surface area (Å²) in [7, 11) is 0. The third-order valence-corrected chi connectivity index (χ3v) is 1.91. The first-order valence-electron chi connectivity index (χ1n) is 3.90. The van der Waals surface area contributed by atoms with Crippen LogP contribution < -0.4 is 5.11 Å². The van der Waals surface area contributed by atoms with Crippen LogP contribution in [0.5, 0.6) is 0 Å². The van der Waals surface area contributed by atoms with Gasteiger partial charge in [0, 0.05) is 5.97 Å². The summed E-state index contributed by atoms with van der Waals surface area (Å²) in [4.78, 5) is 10.0. The molecule has 0 unspecified atom stereocenters. The van der Waals surface area contributed by atoms with Crippen LogP contribution in [0, 0.1) is 5.92 Å². The molecule has 0 fully saturated rings. The molecule has 0 aliphatic heterocycles. The minimum atomic E-state index is -0.924. The Labute approximate surface area is 62.2 Å². The molecule has 0 saturated carbocycles. The lowest BCUT2D eigenvalue weighted by Gasteiger charge is -2.11. The standard InChI is InChI=1S/C8H16O2/c1-3-7(4-2)5-6-8(9)10/h7H,3-6H2,1-2H3,(H,9,10)/p-1. The second-order valence-electron chi connectivity index (χ2n) is 2.59. The Morgan fingerprint density at radius 2 is 1.90 bits per heavy atom. The van der Waals surface area contributed by atoms with Crippen molar-refractivity contribution in [1.29, 1.82) is 0 Å². The highest BCUT2D eigenvalue weighted by Gasteiger charge is 2.01. The van der Waals surface area contributed by atoms with E-state index < -0.39 is 5.97 Å². The molecule has 2 nitrogen and oxygen atoms in total. The van der Waals surface area contributed by atoms with E-state index in [0.29, 0.717) is 5.92 Å². The van der Waals surface area contributed by atoms with Crippen molar-refractivity contribution in [3.05, 3.63) is 0 Å². The van der Waals surface area contributed by atoms with Gasteiger partial charge in [-0.1, -0.05) is 26.7 Å². The van der Waals surface area contributed by atoms with Gasteiger partial charge in [-0.2, -0.15) is 0 Å². The van der Waals surface area contributed by atoms with Crippen molar-refractivity contribution in [2.24, 2.45) is 5.92 Å². The van der Waals surface area contributed by atoms with Gasteiger partial charge in [0.05, 0.1) is 0 Å². The molecule has 0 heterocycles. The average molecular weight is 143 g/mol. The largest absolute Gasteiger partial charge is 0.550 e. The number of hydrogen-bond acceptors (Lipinski definition) is 2. The molecule has 0 aliphatic rings. The molecule has 0 aromatic rings. The fraction of sp³-hybridized carbons (Fsp3) is 0.875. The van der Waals surface area contributed by atoms with Gasteiger partial charge in [0.25, 0.3) is 0 Å². The summed E-state index contributed by atoms with van der Waals surface area (Å²) in [6, 6.07) is 0. The Balaban J connectivity index is 3.34. The summed E-state index contributed by atoms with van der Waals surface area (Å²) in [5.74, 6) is -0.357. The molecule has 0 amide bonds. The molecule has 0 radical (unpaired) electrons. The van der Waals surface area contributed by atoms with E-state index in [-0.39, 0.29) is 6.42 Å². The molecule has 0 atom stereocenters. The van der Waals surface area contributed by atoms with Crippen molar-refractivity contribution in [2.75, 3.05) is 0 Å². The van der Waals surface area contributed by atoms with E-state index >= 15 is 0 Å². The van der Waals surface area contributed by atoms with Crippen molar-refractivity contribution in [2.45, 2.75) is 39.5 Å². The van der Waals surface area contributed by atoms with Crippen LogP contribution >= 0.6 is 0 Å². The van der Waals surface area contributed by atoms with Gasteiger partial charge in [0.2, 0.25) is 0 Å². The summed E-state index contributed by atoms with van der Waals surface area (Å²) >= 11 is 0. The zero-order valence-electron chi connectivity index (χ0n) is 6.72. The van der Waals surface area contributed by atoms with Crippen molar-refractivity contribution in [3.8, 4) is 0 Å². The molecule has 60 valence electrons. The molecular formula is C8H15O2-. The van der Waals surface area contributed by atoms with Crippen LogP contribution in [0.15, 0.2) is 0 Å². The zero-order valence-corrected chi connectivity index (χ0v) is 6.72. The van der Waals surface area contributed by atoms with Gasteiger partial charge < -0.3 is 9.90 Å². The maximum absolute atomic E-state index is 10.0. The topological polar surface area (TPSA) is 40.1 Å². The van der Waals surface area contributed by atoms with E-state index in [1.54, 1.807) is 0 Å². The zero-order chi connectivity index (χ0) is 7.98. The highest BCUT2D eigenvalue weighted by atomic mass is 16.4. The highest BCUT2D eigenvalue weighted by Crippen LogP contribution is 2.13. The predicted molar refractivity (Wildman–Crippen MR) is 38.3 cm³/mol. The lowest BCUT2D eigenvalue weighted by atomic mass is 9.98. The molecule has 0 saturated heterocycles. The summed E-state index contributed by atoms with van der Waals surface area (Å²) in [5.41, 5.74) is 0. The third kappa shape index (κ3) is 4.36. The lowest BCUT2D eigenvalue weighted by Crippen LogP contribution is -2.22. The first kappa shape index (κ1) is 9.47. The second kappa shape index (κ2) is 5.27. The summed E-state index contributed by atoms with van der Waals surface area (Å²) in [6.45, 7) is 4.17. The number of carboxylic acids is 1. The van der Waals surface area contributed by atoms with E-state index in [0.717, 1.165) is 19.3 Å². The van der Waals surface area contributed by atoms with Crippen molar-refractivity contribution < 1.29 is 9.90 Å². The van der Waals surface area contributed by atoms with Crippen LogP contribution in [0.4, 0.5) is 0 Å². The number of hydrogen-bond donors (Lipinski definition) is 0. The summed E-state index contributed by atoms with van der Waals surface area (Å²) in [6.07, 6.45) is 3.13. The Morgan fingerprint density at radius 3 is 2.20 bits per heavy atom.